The average Bonchev–Trinajstić information content (AvgIpc) is 3.33. The molecule has 0 saturated heterocycles. The summed E-state index contributed by atoms with van der Waals surface area (Å²) < 4.78 is 30.0. The van der Waals surface area contributed by atoms with E-state index in [2.05, 4.69) is 14.7 Å². The standard InChI is InChI=1S/C17H18N4O2S/c22-24(23,15-5-1-3-13-4-2-8-18-16(13)15)20-10-12-21-11-9-19-17(21)14-6-7-14/h1-5,8-9,11,14,20H,6-7,10,12H2. The predicted octanol–water partition coefficient (Wildman–Crippen LogP) is 2.29. The van der Waals surface area contributed by atoms with Gasteiger partial charge in [0.05, 0.1) is 5.52 Å². The lowest BCUT2D eigenvalue weighted by atomic mass is 10.2. The zero-order valence-corrected chi connectivity index (χ0v) is 13.9. The van der Waals surface area contributed by atoms with E-state index in [1.54, 1.807) is 30.6 Å². The van der Waals surface area contributed by atoms with E-state index >= 15 is 0 Å². The number of para-hydroxylation sites is 1. The van der Waals surface area contributed by atoms with Gasteiger partial charge in [0.2, 0.25) is 10.0 Å². The summed E-state index contributed by atoms with van der Waals surface area (Å²) in [7, 11) is -3.60. The molecule has 4 rings (SSSR count). The highest BCUT2D eigenvalue weighted by Gasteiger charge is 2.27. The zero-order valence-electron chi connectivity index (χ0n) is 13.1. The van der Waals surface area contributed by atoms with E-state index in [0.717, 1.165) is 11.2 Å². The van der Waals surface area contributed by atoms with Gasteiger partial charge >= 0.3 is 0 Å². The van der Waals surface area contributed by atoms with Crippen molar-refractivity contribution < 1.29 is 8.42 Å². The molecule has 0 amide bonds. The van der Waals surface area contributed by atoms with Crippen molar-refractivity contribution in [2.45, 2.75) is 30.2 Å². The molecule has 1 N–H and O–H groups in total. The number of aromatic nitrogens is 3. The van der Waals surface area contributed by atoms with Gasteiger partial charge in [0.15, 0.2) is 0 Å². The summed E-state index contributed by atoms with van der Waals surface area (Å²) in [5.74, 6) is 1.60. The summed E-state index contributed by atoms with van der Waals surface area (Å²) in [4.78, 5) is 8.80. The number of nitrogens with one attached hydrogen (secondary N) is 1. The fourth-order valence-corrected chi connectivity index (χ4v) is 4.08. The molecule has 2 aromatic heterocycles. The number of hydrogen-bond donors (Lipinski definition) is 1. The van der Waals surface area contributed by atoms with Crippen LogP contribution in [0.15, 0.2) is 53.8 Å². The quantitative estimate of drug-likeness (QED) is 0.746. The largest absolute Gasteiger partial charge is 0.333 e. The van der Waals surface area contributed by atoms with Gasteiger partial charge in [-0.1, -0.05) is 18.2 Å². The summed E-state index contributed by atoms with van der Waals surface area (Å²) in [6.45, 7) is 0.894. The maximum absolute atomic E-state index is 12.6. The zero-order chi connectivity index (χ0) is 16.6. The van der Waals surface area contributed by atoms with E-state index in [1.807, 2.05) is 22.9 Å². The molecule has 1 saturated carbocycles. The predicted molar refractivity (Wildman–Crippen MR) is 91.1 cm³/mol. The van der Waals surface area contributed by atoms with Crippen molar-refractivity contribution in [2.24, 2.45) is 0 Å². The molecule has 2 heterocycles. The van der Waals surface area contributed by atoms with Gasteiger partial charge < -0.3 is 4.57 Å². The van der Waals surface area contributed by atoms with Crippen molar-refractivity contribution in [3.05, 3.63) is 54.7 Å². The van der Waals surface area contributed by atoms with Gasteiger partial charge in [-0.05, 0) is 25.0 Å². The second kappa shape index (κ2) is 5.99. The molecular weight excluding hydrogens is 324 g/mol. The molecule has 0 aliphatic heterocycles. The number of rotatable bonds is 6. The van der Waals surface area contributed by atoms with Crippen molar-refractivity contribution in [3.8, 4) is 0 Å². The Morgan fingerprint density at radius 2 is 1.96 bits per heavy atom. The van der Waals surface area contributed by atoms with Crippen molar-refractivity contribution in [1.29, 1.82) is 0 Å². The Morgan fingerprint density at radius 3 is 2.79 bits per heavy atom. The van der Waals surface area contributed by atoms with E-state index in [1.165, 1.54) is 12.8 Å². The first kappa shape index (κ1) is 15.3. The molecule has 7 heteroatoms. The van der Waals surface area contributed by atoms with Crippen molar-refractivity contribution in [1.82, 2.24) is 19.3 Å². The fraction of sp³-hybridized carbons (Fsp3) is 0.294. The van der Waals surface area contributed by atoms with E-state index < -0.39 is 10.0 Å². The van der Waals surface area contributed by atoms with Crippen LogP contribution < -0.4 is 4.72 Å². The molecule has 0 atom stereocenters. The van der Waals surface area contributed by atoms with Crippen molar-refractivity contribution >= 4 is 20.9 Å². The number of sulfonamides is 1. The van der Waals surface area contributed by atoms with Crippen molar-refractivity contribution in [3.63, 3.8) is 0 Å². The minimum Gasteiger partial charge on any atom is -0.333 e. The van der Waals surface area contributed by atoms with Crippen molar-refractivity contribution in [2.75, 3.05) is 6.54 Å². The average molecular weight is 342 g/mol. The SMILES string of the molecule is O=S(=O)(NCCn1ccnc1C1CC1)c1cccc2cccnc12. The summed E-state index contributed by atoms with van der Waals surface area (Å²) in [5.41, 5.74) is 0.494. The number of pyridine rings is 1. The highest BCUT2D eigenvalue weighted by Crippen LogP contribution is 2.38. The molecule has 3 aromatic rings. The van der Waals surface area contributed by atoms with Crippen LogP contribution in [0.3, 0.4) is 0 Å². The number of nitrogens with zero attached hydrogens (tertiary/aromatic N) is 3. The van der Waals surface area contributed by atoms with Gasteiger partial charge in [-0.3, -0.25) is 4.98 Å². The molecule has 0 bridgehead atoms. The second-order valence-electron chi connectivity index (χ2n) is 5.98. The smallest absolute Gasteiger partial charge is 0.242 e. The Bertz CT molecular complexity index is 972. The van der Waals surface area contributed by atoms with E-state index in [0.29, 0.717) is 24.5 Å². The minimum atomic E-state index is -3.60. The third-order valence-corrected chi connectivity index (χ3v) is 5.71. The summed E-state index contributed by atoms with van der Waals surface area (Å²) in [5, 5.41) is 0.811. The second-order valence-corrected chi connectivity index (χ2v) is 7.72. The minimum absolute atomic E-state index is 0.216. The Hall–Kier alpha value is -2.25. The van der Waals surface area contributed by atoms with Crippen LogP contribution >= 0.6 is 0 Å². The third-order valence-electron chi connectivity index (χ3n) is 4.22. The van der Waals surface area contributed by atoms with Crippen LogP contribution in [-0.2, 0) is 16.6 Å². The Morgan fingerprint density at radius 1 is 1.12 bits per heavy atom. The van der Waals surface area contributed by atoms with E-state index in [4.69, 9.17) is 0 Å². The van der Waals surface area contributed by atoms with Gasteiger partial charge in [0.1, 0.15) is 10.7 Å². The third kappa shape index (κ3) is 2.92. The first-order valence-electron chi connectivity index (χ1n) is 7.99. The van der Waals surface area contributed by atoms with Crippen LogP contribution in [0.5, 0.6) is 0 Å². The lowest BCUT2D eigenvalue weighted by molar-refractivity contribution is 0.569. The summed E-state index contributed by atoms with van der Waals surface area (Å²) in [6, 6.07) is 8.83. The van der Waals surface area contributed by atoms with E-state index in [-0.39, 0.29) is 4.90 Å². The number of imidazole rings is 1. The monoisotopic (exact) mass is 342 g/mol. The molecule has 0 radical (unpaired) electrons. The summed E-state index contributed by atoms with van der Waals surface area (Å²) >= 11 is 0. The Kier molecular flexibility index (Phi) is 3.82. The Labute approximate surface area is 140 Å². The van der Waals surface area contributed by atoms with Crippen LogP contribution in [0.2, 0.25) is 0 Å². The van der Waals surface area contributed by atoms with Gasteiger partial charge in [-0.15, -0.1) is 0 Å². The summed E-state index contributed by atoms with van der Waals surface area (Å²) in [6.07, 6.45) is 7.63. The normalized spacial score (nSPS) is 15.0. The first-order valence-corrected chi connectivity index (χ1v) is 9.48. The number of hydrogen-bond acceptors (Lipinski definition) is 4. The molecule has 1 fully saturated rings. The van der Waals surface area contributed by atoms with Gasteiger partial charge in [-0.2, -0.15) is 0 Å². The number of benzene rings is 1. The topological polar surface area (TPSA) is 76.9 Å². The maximum atomic E-state index is 12.6. The molecule has 0 spiro atoms. The van der Waals surface area contributed by atoms with Crippen LogP contribution in [0.4, 0.5) is 0 Å². The van der Waals surface area contributed by atoms with Gasteiger partial charge in [-0.25, -0.2) is 18.1 Å². The van der Waals surface area contributed by atoms with Crippen LogP contribution in [0.25, 0.3) is 10.9 Å². The molecule has 24 heavy (non-hydrogen) atoms. The molecular formula is C17H18N4O2S. The number of fused-ring (bicyclic) bond motifs is 1. The molecule has 1 aliphatic rings. The molecule has 1 aromatic carbocycles. The van der Waals surface area contributed by atoms with Gasteiger partial charge in [0, 0.05) is 43.0 Å². The molecule has 124 valence electrons. The van der Waals surface area contributed by atoms with E-state index in [9.17, 15) is 8.42 Å². The van der Waals surface area contributed by atoms with Crippen LogP contribution in [-0.4, -0.2) is 29.5 Å². The lowest BCUT2D eigenvalue weighted by Crippen LogP contribution is -2.28. The fourth-order valence-electron chi connectivity index (χ4n) is 2.88. The van der Waals surface area contributed by atoms with Crippen LogP contribution in [0.1, 0.15) is 24.6 Å². The Balaban J connectivity index is 1.51. The molecule has 1 aliphatic carbocycles. The molecule has 6 nitrogen and oxygen atoms in total. The lowest BCUT2D eigenvalue weighted by Gasteiger charge is -2.10. The van der Waals surface area contributed by atoms with Crippen LogP contribution in [0, 0.1) is 0 Å². The highest BCUT2D eigenvalue weighted by molar-refractivity contribution is 7.89. The molecule has 0 unspecified atom stereocenters. The van der Waals surface area contributed by atoms with Gasteiger partial charge in [0.25, 0.3) is 0 Å². The maximum Gasteiger partial charge on any atom is 0.242 e. The highest BCUT2D eigenvalue weighted by atomic mass is 32.2. The first-order chi connectivity index (χ1) is 11.6.